The molecule has 0 aliphatic carbocycles. The minimum Gasteiger partial charge on any atom is -0.508 e. The highest BCUT2D eigenvalue weighted by molar-refractivity contribution is 7.20. The zero-order valence-corrected chi connectivity index (χ0v) is 13.6. The molecule has 0 atom stereocenters. The van der Waals surface area contributed by atoms with Gasteiger partial charge in [0.05, 0.1) is 15.8 Å². The summed E-state index contributed by atoms with van der Waals surface area (Å²) in [5.74, 6) is -1.06. The first-order valence-corrected chi connectivity index (χ1v) is 7.65. The van der Waals surface area contributed by atoms with Gasteiger partial charge in [-0.25, -0.2) is 9.37 Å². The molecule has 0 saturated heterocycles. The average molecular weight is 372 g/mol. The number of aromatic hydroxyl groups is 1. The summed E-state index contributed by atoms with van der Waals surface area (Å²) in [4.78, 5) is 14.4. The van der Waals surface area contributed by atoms with Crippen LogP contribution in [0.3, 0.4) is 0 Å². The Bertz CT molecular complexity index is 893. The summed E-state index contributed by atoms with van der Waals surface area (Å²) in [7, 11) is 1.47. The molecular weight excluding hydrogens is 360 g/mol. The minimum absolute atomic E-state index is 0.198. The molecule has 0 aliphatic rings. The van der Waals surface area contributed by atoms with E-state index in [1.165, 1.54) is 24.5 Å². The second-order valence-corrected chi connectivity index (χ2v) is 5.83. The van der Waals surface area contributed by atoms with Crippen LogP contribution in [0.2, 0.25) is 0 Å². The summed E-state index contributed by atoms with van der Waals surface area (Å²) >= 11 is 1.27. The minimum atomic E-state index is -4.64. The Morgan fingerprint density at radius 1 is 1.20 bits per heavy atom. The van der Waals surface area contributed by atoms with Gasteiger partial charge in [0, 0.05) is 12.7 Å². The van der Waals surface area contributed by atoms with E-state index in [4.69, 9.17) is 5.11 Å². The van der Waals surface area contributed by atoms with Crippen LogP contribution in [0.4, 0.5) is 23.2 Å². The molecule has 3 rings (SSSR count). The highest BCUT2D eigenvalue weighted by Crippen LogP contribution is 2.32. The van der Waals surface area contributed by atoms with E-state index in [2.05, 4.69) is 10.3 Å². The average Bonchev–Trinajstić information content (AvgIpc) is 2.97. The lowest BCUT2D eigenvalue weighted by Crippen LogP contribution is -2.08. The Hall–Kier alpha value is -2.68. The Kier molecular flexibility index (Phi) is 5.58. The molecule has 0 fully saturated rings. The molecular formula is C16H12F4N2O2S. The molecule has 25 heavy (non-hydrogen) atoms. The van der Waals surface area contributed by atoms with Crippen LogP contribution < -0.4 is 5.32 Å². The van der Waals surface area contributed by atoms with Crippen molar-refractivity contribution < 1.29 is 27.5 Å². The van der Waals surface area contributed by atoms with E-state index in [-0.39, 0.29) is 11.4 Å². The van der Waals surface area contributed by atoms with Crippen molar-refractivity contribution in [2.24, 2.45) is 0 Å². The highest BCUT2D eigenvalue weighted by atomic mass is 32.1. The number of halogens is 4. The van der Waals surface area contributed by atoms with E-state index < -0.39 is 17.6 Å². The number of thiazole rings is 1. The number of carbonyl (C=O) groups is 1. The van der Waals surface area contributed by atoms with Gasteiger partial charge in [0.2, 0.25) is 0 Å². The summed E-state index contributed by atoms with van der Waals surface area (Å²) in [6, 6.07) is 7.60. The van der Waals surface area contributed by atoms with Crippen molar-refractivity contribution in [1.29, 1.82) is 0 Å². The molecule has 0 radical (unpaired) electrons. The van der Waals surface area contributed by atoms with Crippen molar-refractivity contribution in [3.8, 4) is 5.75 Å². The summed E-state index contributed by atoms with van der Waals surface area (Å²) in [5.41, 5.74) is -0.270. The normalized spacial score (nSPS) is 10.9. The van der Waals surface area contributed by atoms with Crippen molar-refractivity contribution in [3.05, 3.63) is 52.8 Å². The maximum Gasteiger partial charge on any atom is 0.419 e. The summed E-state index contributed by atoms with van der Waals surface area (Å²) in [6.45, 7) is 0. The lowest BCUT2D eigenvalue weighted by molar-refractivity contribution is -0.139. The molecule has 4 nitrogen and oxygen atoms in total. The lowest BCUT2D eigenvalue weighted by Gasteiger charge is -2.09. The van der Waals surface area contributed by atoms with Crippen molar-refractivity contribution in [2.75, 3.05) is 12.4 Å². The third kappa shape index (κ3) is 4.66. The molecule has 2 N–H and O–H groups in total. The number of alkyl halides is 3. The van der Waals surface area contributed by atoms with Crippen molar-refractivity contribution in [1.82, 2.24) is 4.98 Å². The van der Waals surface area contributed by atoms with Gasteiger partial charge >= 0.3 is 6.18 Å². The molecule has 0 amide bonds. The molecule has 0 bridgehead atoms. The highest BCUT2D eigenvalue weighted by Gasteiger charge is 2.34. The molecule has 132 valence electrons. The third-order valence-electron chi connectivity index (χ3n) is 3.05. The van der Waals surface area contributed by atoms with Gasteiger partial charge in [0.15, 0.2) is 11.3 Å². The first-order valence-electron chi connectivity index (χ1n) is 6.84. The second-order valence-electron chi connectivity index (χ2n) is 4.76. The van der Waals surface area contributed by atoms with Gasteiger partial charge in [-0.2, -0.15) is 13.2 Å². The number of carbonyl (C=O) groups excluding carboxylic acids is 1. The van der Waals surface area contributed by atoms with Gasteiger partial charge in [-0.15, -0.1) is 11.3 Å². The summed E-state index contributed by atoms with van der Waals surface area (Å²) in [5, 5.41) is 12.0. The maximum absolute atomic E-state index is 12.7. The topological polar surface area (TPSA) is 62.2 Å². The van der Waals surface area contributed by atoms with Gasteiger partial charge in [-0.1, -0.05) is 0 Å². The van der Waals surface area contributed by atoms with Gasteiger partial charge in [0.1, 0.15) is 11.6 Å². The number of nitrogens with one attached hydrogen (secondary N) is 1. The van der Waals surface area contributed by atoms with Gasteiger partial charge in [-0.3, -0.25) is 4.79 Å². The molecule has 0 unspecified atom stereocenters. The fourth-order valence-electron chi connectivity index (χ4n) is 1.88. The fourth-order valence-corrected chi connectivity index (χ4v) is 2.69. The van der Waals surface area contributed by atoms with Crippen molar-refractivity contribution in [2.45, 2.75) is 6.18 Å². The number of aromatic nitrogens is 1. The zero-order valence-electron chi connectivity index (χ0n) is 12.8. The zero-order chi connectivity index (χ0) is 18.6. The molecule has 9 heteroatoms. The van der Waals surface area contributed by atoms with E-state index in [9.17, 15) is 22.4 Å². The van der Waals surface area contributed by atoms with Crippen LogP contribution in [0.15, 0.2) is 36.4 Å². The van der Waals surface area contributed by atoms with Crippen LogP contribution in [-0.2, 0) is 6.18 Å². The standard InChI is InChI=1S/C8H7F4N.C8H5NO2S/c1-13-5-2-3-7(9)6(4-5)8(10,11)12;10-4-8-9-6-2-1-5(11)3-7(6)12-8/h2-4,13H,1H3;1-4,11H. The van der Waals surface area contributed by atoms with E-state index in [0.29, 0.717) is 11.3 Å². The Morgan fingerprint density at radius 2 is 1.92 bits per heavy atom. The second kappa shape index (κ2) is 7.47. The van der Waals surface area contributed by atoms with E-state index in [1.807, 2.05) is 0 Å². The molecule has 1 aromatic heterocycles. The van der Waals surface area contributed by atoms with Gasteiger partial charge in [0.25, 0.3) is 0 Å². The molecule has 0 spiro atoms. The Morgan fingerprint density at radius 3 is 2.52 bits per heavy atom. The van der Waals surface area contributed by atoms with Crippen LogP contribution in [0.25, 0.3) is 10.2 Å². The molecule has 2 aromatic carbocycles. The van der Waals surface area contributed by atoms with Crippen LogP contribution >= 0.6 is 11.3 Å². The molecule has 1 heterocycles. The number of phenols is 1. The lowest BCUT2D eigenvalue weighted by atomic mass is 10.2. The van der Waals surface area contributed by atoms with E-state index in [0.717, 1.165) is 22.3 Å². The SMILES string of the molecule is CNc1ccc(F)c(C(F)(F)F)c1.O=Cc1nc2ccc(O)cc2s1. The first-order chi connectivity index (χ1) is 11.7. The van der Waals surface area contributed by atoms with Gasteiger partial charge < -0.3 is 10.4 Å². The predicted molar refractivity (Wildman–Crippen MR) is 87.6 cm³/mol. The number of hydrogen-bond acceptors (Lipinski definition) is 5. The quantitative estimate of drug-likeness (QED) is 0.506. The fraction of sp³-hybridized carbons (Fsp3) is 0.125. The molecule has 0 aliphatic heterocycles. The number of anilines is 1. The smallest absolute Gasteiger partial charge is 0.419 e. The number of phenolic OH excluding ortho intramolecular Hbond substituents is 1. The number of aldehydes is 1. The number of benzene rings is 2. The monoisotopic (exact) mass is 372 g/mol. The molecule has 3 aromatic rings. The largest absolute Gasteiger partial charge is 0.508 e. The summed E-state index contributed by atoms with van der Waals surface area (Å²) in [6.07, 6.45) is -3.93. The van der Waals surface area contributed by atoms with Crippen LogP contribution in [0.1, 0.15) is 15.4 Å². The van der Waals surface area contributed by atoms with Gasteiger partial charge in [-0.05, 0) is 36.4 Å². The van der Waals surface area contributed by atoms with Crippen LogP contribution in [0, 0.1) is 5.82 Å². The molecule has 0 saturated carbocycles. The van der Waals surface area contributed by atoms with Crippen LogP contribution in [0.5, 0.6) is 5.75 Å². The van der Waals surface area contributed by atoms with Crippen LogP contribution in [-0.4, -0.2) is 23.4 Å². The first kappa shape index (κ1) is 18.7. The third-order valence-corrected chi connectivity index (χ3v) is 3.99. The van der Waals surface area contributed by atoms with E-state index >= 15 is 0 Å². The Labute approximate surface area is 143 Å². The Balaban J connectivity index is 0.000000181. The number of rotatable bonds is 2. The number of nitrogens with zero attached hydrogens (tertiary/aromatic N) is 1. The van der Waals surface area contributed by atoms with Crippen molar-refractivity contribution >= 4 is 33.5 Å². The number of hydrogen-bond donors (Lipinski definition) is 2. The predicted octanol–water partition coefficient (Wildman–Crippen LogP) is 4.70. The maximum atomic E-state index is 12.7. The van der Waals surface area contributed by atoms with E-state index in [1.54, 1.807) is 18.2 Å². The summed E-state index contributed by atoms with van der Waals surface area (Å²) < 4.78 is 49.8. The van der Waals surface area contributed by atoms with Crippen molar-refractivity contribution in [3.63, 3.8) is 0 Å². The number of fused-ring (bicyclic) bond motifs is 1.